The lowest BCUT2D eigenvalue weighted by molar-refractivity contribution is 0.152. The number of nitrogens with zero attached hydrogens (tertiary/aromatic N) is 1. The smallest absolute Gasteiger partial charge is 0.0283 e. The number of piperidine rings is 1. The molecule has 12 heavy (non-hydrogen) atoms. The van der Waals surface area contributed by atoms with Crippen LogP contribution in [0, 0.1) is 5.92 Å². The van der Waals surface area contributed by atoms with Crippen LogP contribution < -0.4 is 0 Å². The van der Waals surface area contributed by atoms with Crippen LogP contribution in [-0.4, -0.2) is 24.0 Å². The zero-order valence-electron chi connectivity index (χ0n) is 7.58. The first kappa shape index (κ1) is 8.06. The zero-order chi connectivity index (χ0) is 8.39. The Morgan fingerprint density at radius 3 is 3.17 bits per heavy atom. The van der Waals surface area contributed by atoms with Gasteiger partial charge < -0.3 is 0 Å². The molecule has 0 saturated carbocycles. The van der Waals surface area contributed by atoms with Crippen LogP contribution in [0.15, 0.2) is 24.8 Å². The van der Waals surface area contributed by atoms with Gasteiger partial charge in [-0.15, -0.1) is 6.58 Å². The molecule has 2 aliphatic rings. The predicted octanol–water partition coefficient (Wildman–Crippen LogP) is 2.21. The third-order valence-corrected chi connectivity index (χ3v) is 3.07. The first-order chi connectivity index (χ1) is 5.90. The fourth-order valence-corrected chi connectivity index (χ4v) is 2.26. The molecule has 1 heteroatoms. The van der Waals surface area contributed by atoms with Crippen LogP contribution in [0.3, 0.4) is 0 Å². The zero-order valence-corrected chi connectivity index (χ0v) is 7.58. The summed E-state index contributed by atoms with van der Waals surface area (Å²) in [6, 6.07) is 0.718. The second-order valence-electron chi connectivity index (χ2n) is 3.84. The second kappa shape index (κ2) is 3.44. The summed E-state index contributed by atoms with van der Waals surface area (Å²) in [6.07, 6.45) is 10.7. The summed E-state index contributed by atoms with van der Waals surface area (Å²) in [6.45, 7) is 6.42. The first-order valence-electron chi connectivity index (χ1n) is 4.93. The molecule has 0 amide bonds. The Labute approximate surface area is 74.8 Å². The van der Waals surface area contributed by atoms with Crippen molar-refractivity contribution in [3.8, 4) is 0 Å². The molecule has 0 aromatic heterocycles. The molecular formula is C11H17N. The number of rotatable bonds is 1. The fraction of sp³-hybridized carbons (Fsp3) is 0.636. The minimum atomic E-state index is 0.718. The molecule has 2 unspecified atom stereocenters. The van der Waals surface area contributed by atoms with Gasteiger partial charge in [-0.1, -0.05) is 18.2 Å². The molecule has 1 nitrogen and oxygen atoms in total. The van der Waals surface area contributed by atoms with Crippen molar-refractivity contribution < 1.29 is 0 Å². The Hall–Kier alpha value is -0.560. The molecule has 0 spiro atoms. The van der Waals surface area contributed by atoms with Crippen molar-refractivity contribution in [2.45, 2.75) is 25.3 Å². The Balaban J connectivity index is 2.02. The molecule has 66 valence electrons. The van der Waals surface area contributed by atoms with Gasteiger partial charge in [-0.05, 0) is 31.7 Å². The molecule has 1 fully saturated rings. The van der Waals surface area contributed by atoms with Crippen molar-refractivity contribution in [3.63, 3.8) is 0 Å². The lowest BCUT2D eigenvalue weighted by Gasteiger charge is -2.39. The molecule has 0 radical (unpaired) electrons. The highest BCUT2D eigenvalue weighted by molar-refractivity contribution is 5.04. The van der Waals surface area contributed by atoms with Gasteiger partial charge in [0, 0.05) is 12.6 Å². The van der Waals surface area contributed by atoms with Gasteiger partial charge in [0.05, 0.1) is 0 Å². The van der Waals surface area contributed by atoms with E-state index in [4.69, 9.17) is 0 Å². The van der Waals surface area contributed by atoms with E-state index in [-0.39, 0.29) is 0 Å². The van der Waals surface area contributed by atoms with E-state index in [9.17, 15) is 0 Å². The van der Waals surface area contributed by atoms with Crippen LogP contribution in [0.2, 0.25) is 0 Å². The maximum atomic E-state index is 3.88. The van der Waals surface area contributed by atoms with Gasteiger partial charge in [-0.3, -0.25) is 4.90 Å². The monoisotopic (exact) mass is 163 g/mol. The van der Waals surface area contributed by atoms with Crippen molar-refractivity contribution >= 4 is 0 Å². The lowest BCUT2D eigenvalue weighted by atomic mass is 9.89. The number of hydrogen-bond donors (Lipinski definition) is 0. The van der Waals surface area contributed by atoms with Crippen LogP contribution in [0.5, 0.6) is 0 Å². The highest BCUT2D eigenvalue weighted by Crippen LogP contribution is 2.26. The topological polar surface area (TPSA) is 3.24 Å². The Kier molecular flexibility index (Phi) is 2.31. The van der Waals surface area contributed by atoms with Crippen molar-refractivity contribution in [3.05, 3.63) is 24.8 Å². The van der Waals surface area contributed by atoms with Gasteiger partial charge in [0.25, 0.3) is 0 Å². The van der Waals surface area contributed by atoms with Crippen LogP contribution in [0.1, 0.15) is 19.3 Å². The minimum absolute atomic E-state index is 0.718. The van der Waals surface area contributed by atoms with E-state index in [1.807, 2.05) is 0 Å². The summed E-state index contributed by atoms with van der Waals surface area (Å²) in [5, 5.41) is 0. The largest absolute Gasteiger partial charge is 0.297 e. The van der Waals surface area contributed by atoms with E-state index in [1.165, 1.54) is 32.4 Å². The lowest BCUT2D eigenvalue weighted by Crippen LogP contribution is -2.42. The summed E-state index contributed by atoms with van der Waals surface area (Å²) >= 11 is 0. The van der Waals surface area contributed by atoms with Crippen LogP contribution in [0.25, 0.3) is 0 Å². The highest BCUT2D eigenvalue weighted by Gasteiger charge is 2.25. The molecule has 0 aromatic carbocycles. The van der Waals surface area contributed by atoms with Gasteiger partial charge in [0.1, 0.15) is 0 Å². The van der Waals surface area contributed by atoms with E-state index in [1.54, 1.807) is 0 Å². The Bertz CT molecular complexity index is 195. The van der Waals surface area contributed by atoms with E-state index in [0.29, 0.717) is 0 Å². The minimum Gasteiger partial charge on any atom is -0.297 e. The molecule has 2 rings (SSSR count). The number of allylic oxidation sites excluding steroid dienone is 1. The number of fused-ring (bicyclic) bond motifs is 1. The average Bonchev–Trinajstić information content (AvgIpc) is 2.17. The normalized spacial score (nSPS) is 36.0. The molecule has 0 N–H and O–H groups in total. The second-order valence-corrected chi connectivity index (χ2v) is 3.84. The standard InChI is InChI=1S/C11H17N/c1-2-10-6-8-12-7-4-3-5-11(12)9-10/h2-3,5,10-11H,1,4,6-9H2. The van der Waals surface area contributed by atoms with Crippen molar-refractivity contribution in [2.24, 2.45) is 5.92 Å². The Morgan fingerprint density at radius 2 is 2.33 bits per heavy atom. The number of hydrogen-bond acceptors (Lipinski definition) is 1. The molecule has 2 heterocycles. The van der Waals surface area contributed by atoms with Gasteiger partial charge in [-0.2, -0.15) is 0 Å². The van der Waals surface area contributed by atoms with Crippen LogP contribution in [0.4, 0.5) is 0 Å². The molecule has 2 aliphatic heterocycles. The van der Waals surface area contributed by atoms with Gasteiger partial charge in [0.2, 0.25) is 0 Å². The molecule has 1 saturated heterocycles. The van der Waals surface area contributed by atoms with Crippen molar-refractivity contribution in [2.75, 3.05) is 13.1 Å². The summed E-state index contributed by atoms with van der Waals surface area (Å²) < 4.78 is 0. The first-order valence-corrected chi connectivity index (χ1v) is 4.93. The maximum absolute atomic E-state index is 3.88. The summed E-state index contributed by atoms with van der Waals surface area (Å²) in [5.74, 6) is 0.758. The van der Waals surface area contributed by atoms with Crippen molar-refractivity contribution in [1.82, 2.24) is 4.90 Å². The fourth-order valence-electron chi connectivity index (χ4n) is 2.26. The van der Waals surface area contributed by atoms with Gasteiger partial charge in [-0.25, -0.2) is 0 Å². The van der Waals surface area contributed by atoms with Crippen LogP contribution >= 0.6 is 0 Å². The summed E-state index contributed by atoms with van der Waals surface area (Å²) in [4.78, 5) is 2.60. The maximum Gasteiger partial charge on any atom is 0.0283 e. The highest BCUT2D eigenvalue weighted by atomic mass is 15.2. The summed E-state index contributed by atoms with van der Waals surface area (Å²) in [7, 11) is 0. The summed E-state index contributed by atoms with van der Waals surface area (Å²) in [5.41, 5.74) is 0. The van der Waals surface area contributed by atoms with E-state index < -0.39 is 0 Å². The van der Waals surface area contributed by atoms with Gasteiger partial charge >= 0.3 is 0 Å². The quantitative estimate of drug-likeness (QED) is 0.536. The molecular weight excluding hydrogens is 146 g/mol. The third-order valence-electron chi connectivity index (χ3n) is 3.07. The molecule has 0 aliphatic carbocycles. The van der Waals surface area contributed by atoms with E-state index in [0.717, 1.165) is 12.0 Å². The Morgan fingerprint density at radius 1 is 1.42 bits per heavy atom. The average molecular weight is 163 g/mol. The molecule has 2 atom stereocenters. The van der Waals surface area contributed by atoms with E-state index in [2.05, 4.69) is 29.7 Å². The van der Waals surface area contributed by atoms with Crippen molar-refractivity contribution in [1.29, 1.82) is 0 Å². The predicted molar refractivity (Wildman–Crippen MR) is 52.0 cm³/mol. The molecule has 0 aromatic rings. The third kappa shape index (κ3) is 1.46. The van der Waals surface area contributed by atoms with Gasteiger partial charge in [0.15, 0.2) is 0 Å². The van der Waals surface area contributed by atoms with E-state index >= 15 is 0 Å². The van der Waals surface area contributed by atoms with Crippen LogP contribution in [-0.2, 0) is 0 Å². The molecule has 0 bridgehead atoms. The SMILES string of the molecule is C=CC1CCN2CCC=CC2C1.